The zero-order valence-electron chi connectivity index (χ0n) is 15.3. The summed E-state index contributed by atoms with van der Waals surface area (Å²) in [6.45, 7) is 12.6. The van der Waals surface area contributed by atoms with Crippen LogP contribution < -0.4 is 0 Å². The Morgan fingerprint density at radius 1 is 0.917 bits per heavy atom. The fourth-order valence-electron chi connectivity index (χ4n) is 3.07. The van der Waals surface area contributed by atoms with Crippen molar-refractivity contribution in [1.82, 2.24) is 9.38 Å². The Bertz CT molecular complexity index is 909. The summed E-state index contributed by atoms with van der Waals surface area (Å²) in [6.07, 6.45) is 2.02. The number of pyridine rings is 1. The van der Waals surface area contributed by atoms with E-state index in [2.05, 4.69) is 76.0 Å². The molecule has 2 aromatic heterocycles. The fraction of sp³-hybridized carbons (Fsp3) is 0.350. The highest BCUT2D eigenvalue weighted by Gasteiger charge is 2.15. The first-order valence-corrected chi connectivity index (χ1v) is 8.35. The maximum Gasteiger partial charge on any atom is 0.183 e. The number of aromatic nitrogens is 2. The van der Waals surface area contributed by atoms with E-state index >= 15 is 0 Å². The van der Waals surface area contributed by atoms with E-state index in [4.69, 9.17) is 4.98 Å². The van der Waals surface area contributed by atoms with Crippen molar-refractivity contribution in [2.24, 2.45) is 10.2 Å². The number of benzene rings is 1. The third-order valence-corrected chi connectivity index (χ3v) is 4.21. The highest BCUT2D eigenvalue weighted by Crippen LogP contribution is 2.31. The maximum absolute atomic E-state index is 4.75. The molecule has 124 valence electrons. The van der Waals surface area contributed by atoms with Crippen LogP contribution in [0.4, 0.5) is 11.5 Å². The van der Waals surface area contributed by atoms with Crippen molar-refractivity contribution in [2.75, 3.05) is 0 Å². The van der Waals surface area contributed by atoms with Gasteiger partial charge in [-0.3, -0.25) is 4.40 Å². The van der Waals surface area contributed by atoms with Crippen molar-refractivity contribution in [1.29, 1.82) is 0 Å². The Hall–Kier alpha value is -2.49. The molecular formula is C20H24N4. The molecule has 1 aromatic carbocycles. The van der Waals surface area contributed by atoms with Crippen LogP contribution in [0.25, 0.3) is 5.65 Å². The number of fused-ring (bicyclic) bond motifs is 1. The minimum absolute atomic E-state index is 0.291. The first kappa shape index (κ1) is 16.4. The zero-order chi connectivity index (χ0) is 17.4. The lowest BCUT2D eigenvalue weighted by Gasteiger charge is -2.06. The molecule has 0 aliphatic carbocycles. The van der Waals surface area contributed by atoms with E-state index in [0.29, 0.717) is 5.92 Å². The van der Waals surface area contributed by atoms with E-state index in [-0.39, 0.29) is 0 Å². The summed E-state index contributed by atoms with van der Waals surface area (Å²) in [4.78, 5) is 4.75. The van der Waals surface area contributed by atoms with Crippen LogP contribution in [0.3, 0.4) is 0 Å². The molecule has 0 amide bonds. The monoisotopic (exact) mass is 320 g/mol. The lowest BCUT2D eigenvalue weighted by Crippen LogP contribution is -1.88. The van der Waals surface area contributed by atoms with Crippen LogP contribution in [0.1, 0.15) is 47.7 Å². The van der Waals surface area contributed by atoms with Gasteiger partial charge in [0.1, 0.15) is 5.65 Å². The molecule has 4 nitrogen and oxygen atoms in total. The van der Waals surface area contributed by atoms with Gasteiger partial charge >= 0.3 is 0 Å². The molecule has 2 heterocycles. The number of hydrogen-bond donors (Lipinski definition) is 0. The Morgan fingerprint density at radius 3 is 2.21 bits per heavy atom. The standard InChI is InChI=1S/C20H24N4/c1-12(2)18-20(24-8-7-13(3)11-17(24)21-18)23-22-19-15(5)9-14(4)10-16(19)6/h7-12H,1-6H3. The number of hydrogen-bond acceptors (Lipinski definition) is 3. The Morgan fingerprint density at radius 2 is 1.58 bits per heavy atom. The van der Waals surface area contributed by atoms with Gasteiger partial charge in [0.2, 0.25) is 0 Å². The summed E-state index contributed by atoms with van der Waals surface area (Å²) in [5.41, 5.74) is 7.57. The van der Waals surface area contributed by atoms with Gasteiger partial charge in [-0.25, -0.2) is 4.98 Å². The quantitative estimate of drug-likeness (QED) is 0.537. The molecule has 0 spiro atoms. The van der Waals surface area contributed by atoms with Crippen LogP contribution >= 0.6 is 0 Å². The Labute approximate surface area is 143 Å². The molecule has 0 saturated heterocycles. The molecule has 4 heteroatoms. The van der Waals surface area contributed by atoms with Gasteiger partial charge in [0.05, 0.1) is 11.4 Å². The van der Waals surface area contributed by atoms with Crippen LogP contribution in [0, 0.1) is 27.7 Å². The van der Waals surface area contributed by atoms with Crippen LogP contribution in [-0.4, -0.2) is 9.38 Å². The number of aryl methyl sites for hydroxylation is 4. The smallest absolute Gasteiger partial charge is 0.183 e. The first-order valence-electron chi connectivity index (χ1n) is 8.35. The van der Waals surface area contributed by atoms with Gasteiger partial charge in [-0.2, -0.15) is 0 Å². The van der Waals surface area contributed by atoms with Crippen LogP contribution in [-0.2, 0) is 0 Å². The van der Waals surface area contributed by atoms with E-state index < -0.39 is 0 Å². The summed E-state index contributed by atoms with van der Waals surface area (Å²) in [6, 6.07) is 8.43. The summed E-state index contributed by atoms with van der Waals surface area (Å²) in [5.74, 6) is 1.11. The van der Waals surface area contributed by atoms with Gasteiger partial charge < -0.3 is 0 Å². The molecule has 0 aliphatic heterocycles. The largest absolute Gasteiger partial charge is 0.283 e. The van der Waals surface area contributed by atoms with E-state index in [1.807, 2.05) is 10.6 Å². The predicted molar refractivity (Wildman–Crippen MR) is 98.8 cm³/mol. The molecule has 0 unspecified atom stereocenters. The van der Waals surface area contributed by atoms with Gasteiger partial charge in [0.15, 0.2) is 5.82 Å². The fourth-order valence-corrected chi connectivity index (χ4v) is 3.07. The molecule has 3 rings (SSSR count). The highest BCUT2D eigenvalue weighted by molar-refractivity contribution is 5.56. The maximum atomic E-state index is 4.75. The van der Waals surface area contributed by atoms with E-state index in [0.717, 1.165) is 34.0 Å². The van der Waals surface area contributed by atoms with Gasteiger partial charge in [-0.15, -0.1) is 10.2 Å². The van der Waals surface area contributed by atoms with Crippen molar-refractivity contribution < 1.29 is 0 Å². The molecule has 24 heavy (non-hydrogen) atoms. The number of rotatable bonds is 3. The number of imidazole rings is 1. The number of nitrogens with zero attached hydrogens (tertiary/aromatic N) is 4. The van der Waals surface area contributed by atoms with E-state index in [9.17, 15) is 0 Å². The summed E-state index contributed by atoms with van der Waals surface area (Å²) < 4.78 is 2.02. The van der Waals surface area contributed by atoms with Crippen LogP contribution in [0.15, 0.2) is 40.7 Å². The second kappa shape index (κ2) is 6.19. The topological polar surface area (TPSA) is 42.0 Å². The van der Waals surface area contributed by atoms with Crippen molar-refractivity contribution >= 4 is 17.2 Å². The van der Waals surface area contributed by atoms with Crippen molar-refractivity contribution in [3.63, 3.8) is 0 Å². The third kappa shape index (κ3) is 2.96. The van der Waals surface area contributed by atoms with Crippen molar-refractivity contribution in [3.8, 4) is 0 Å². The molecule has 0 atom stereocenters. The SMILES string of the molecule is Cc1cc(C)c(N=Nc2c(C(C)C)nc3cc(C)ccn23)c(C)c1. The second-order valence-electron chi connectivity index (χ2n) is 6.85. The molecule has 0 aliphatic rings. The van der Waals surface area contributed by atoms with Gasteiger partial charge in [0.25, 0.3) is 0 Å². The average molecular weight is 320 g/mol. The lowest BCUT2D eigenvalue weighted by atomic mass is 10.1. The molecule has 3 aromatic rings. The predicted octanol–water partition coefficient (Wildman–Crippen LogP) is 6.11. The normalized spacial score (nSPS) is 12.0. The van der Waals surface area contributed by atoms with Crippen LogP contribution in [0.2, 0.25) is 0 Å². The van der Waals surface area contributed by atoms with E-state index in [1.54, 1.807) is 0 Å². The minimum Gasteiger partial charge on any atom is -0.283 e. The third-order valence-electron chi connectivity index (χ3n) is 4.21. The van der Waals surface area contributed by atoms with E-state index in [1.165, 1.54) is 11.1 Å². The molecule has 0 saturated carbocycles. The Kier molecular flexibility index (Phi) is 4.22. The minimum atomic E-state index is 0.291. The van der Waals surface area contributed by atoms with Crippen LogP contribution in [0.5, 0.6) is 0 Å². The Balaban J connectivity index is 2.14. The molecule has 0 fully saturated rings. The second-order valence-corrected chi connectivity index (χ2v) is 6.85. The summed E-state index contributed by atoms with van der Waals surface area (Å²) in [7, 11) is 0. The average Bonchev–Trinajstić information content (AvgIpc) is 2.84. The summed E-state index contributed by atoms with van der Waals surface area (Å²) >= 11 is 0. The van der Waals surface area contributed by atoms with Gasteiger partial charge in [-0.05, 0) is 62.4 Å². The lowest BCUT2D eigenvalue weighted by molar-refractivity contribution is 0.831. The first-order chi connectivity index (χ1) is 11.4. The molecule has 0 radical (unpaired) electrons. The summed E-state index contributed by atoms with van der Waals surface area (Å²) in [5, 5.41) is 9.16. The molecule has 0 N–H and O–H groups in total. The zero-order valence-corrected chi connectivity index (χ0v) is 15.3. The van der Waals surface area contributed by atoms with Gasteiger partial charge in [-0.1, -0.05) is 31.5 Å². The molecule has 0 bridgehead atoms. The van der Waals surface area contributed by atoms with Crippen molar-refractivity contribution in [2.45, 2.75) is 47.5 Å². The highest BCUT2D eigenvalue weighted by atomic mass is 15.2. The van der Waals surface area contributed by atoms with Gasteiger partial charge in [0, 0.05) is 6.20 Å². The number of azo groups is 1. The van der Waals surface area contributed by atoms with Crippen molar-refractivity contribution in [3.05, 3.63) is 58.4 Å². The molecular weight excluding hydrogens is 296 g/mol.